The van der Waals surface area contributed by atoms with Gasteiger partial charge in [-0.3, -0.25) is 4.79 Å². The molecule has 0 aliphatic rings. The number of hydrogen-bond donors (Lipinski definition) is 2. The predicted molar refractivity (Wildman–Crippen MR) is 75.7 cm³/mol. The predicted octanol–water partition coefficient (Wildman–Crippen LogP) is 3.47. The van der Waals surface area contributed by atoms with Gasteiger partial charge in [0, 0.05) is 10.7 Å². The maximum atomic E-state index is 13.6. The molecule has 0 unspecified atom stereocenters. The van der Waals surface area contributed by atoms with Gasteiger partial charge < -0.3 is 11.1 Å². The molecule has 4 nitrogen and oxygen atoms in total. The molecule has 0 saturated carbocycles. The van der Waals surface area contributed by atoms with Gasteiger partial charge in [-0.1, -0.05) is 27.5 Å². The molecule has 2 aromatic rings. The summed E-state index contributed by atoms with van der Waals surface area (Å²) in [7, 11) is 0. The molecule has 2 rings (SSSR count). The molecule has 0 atom stereocenters. The van der Waals surface area contributed by atoms with Crippen molar-refractivity contribution in [3.05, 3.63) is 51.3 Å². The molecule has 98 valence electrons. The number of hydrogen-bond acceptors (Lipinski definition) is 3. The molecule has 3 N–H and O–H groups in total. The van der Waals surface area contributed by atoms with Gasteiger partial charge >= 0.3 is 0 Å². The standard InChI is InChI=1S/C12H8BrClFN3O/c13-6-1-2-9(8(14)5-6)18-12(19)7-3-4-17-11(16)10(7)15/h1-5H,(H2,16,17)(H,18,19). The molecule has 1 heterocycles. The van der Waals surface area contributed by atoms with Gasteiger partial charge in [0.15, 0.2) is 11.6 Å². The molecule has 0 radical (unpaired) electrons. The molecule has 0 spiro atoms. The van der Waals surface area contributed by atoms with Crippen molar-refractivity contribution in [1.82, 2.24) is 4.98 Å². The van der Waals surface area contributed by atoms with Gasteiger partial charge in [0.2, 0.25) is 0 Å². The van der Waals surface area contributed by atoms with E-state index in [2.05, 4.69) is 26.2 Å². The van der Waals surface area contributed by atoms with Crippen LogP contribution >= 0.6 is 27.5 Å². The summed E-state index contributed by atoms with van der Waals surface area (Å²) in [5.74, 6) is -1.82. The molecule has 1 aromatic carbocycles. The van der Waals surface area contributed by atoms with Crippen LogP contribution in [0.25, 0.3) is 0 Å². The lowest BCUT2D eigenvalue weighted by molar-refractivity contribution is 0.102. The van der Waals surface area contributed by atoms with Crippen molar-refractivity contribution >= 4 is 44.9 Å². The number of halogens is 3. The normalized spacial score (nSPS) is 10.3. The number of carbonyl (C=O) groups excluding carboxylic acids is 1. The second-order valence-corrected chi connectivity index (χ2v) is 4.96. The number of nitrogens with one attached hydrogen (secondary N) is 1. The Morgan fingerprint density at radius 2 is 2.16 bits per heavy atom. The van der Waals surface area contributed by atoms with E-state index >= 15 is 0 Å². The van der Waals surface area contributed by atoms with Crippen LogP contribution in [0, 0.1) is 5.82 Å². The molecule has 1 aromatic heterocycles. The summed E-state index contributed by atoms with van der Waals surface area (Å²) in [6.07, 6.45) is 1.26. The zero-order valence-electron chi connectivity index (χ0n) is 9.45. The molecule has 0 saturated heterocycles. The summed E-state index contributed by atoms with van der Waals surface area (Å²) >= 11 is 9.20. The van der Waals surface area contributed by atoms with Crippen LogP contribution in [0.5, 0.6) is 0 Å². The van der Waals surface area contributed by atoms with E-state index in [0.29, 0.717) is 10.7 Å². The molecule has 1 amide bonds. The third-order valence-electron chi connectivity index (χ3n) is 2.34. The van der Waals surface area contributed by atoms with Crippen molar-refractivity contribution in [2.75, 3.05) is 11.1 Å². The molecular formula is C12H8BrClFN3O. The van der Waals surface area contributed by atoms with Gasteiger partial charge in [-0.15, -0.1) is 0 Å². The van der Waals surface area contributed by atoms with Gasteiger partial charge in [0.1, 0.15) is 0 Å². The van der Waals surface area contributed by atoms with Crippen LogP contribution in [0.1, 0.15) is 10.4 Å². The SMILES string of the molecule is Nc1nccc(C(=O)Nc2ccc(Br)cc2Cl)c1F. The minimum atomic E-state index is -0.853. The number of anilines is 2. The number of benzene rings is 1. The van der Waals surface area contributed by atoms with Crippen LogP contribution in [-0.2, 0) is 0 Å². The first kappa shape index (κ1) is 13.8. The topological polar surface area (TPSA) is 68.0 Å². The average Bonchev–Trinajstić information content (AvgIpc) is 2.36. The maximum absolute atomic E-state index is 13.6. The van der Waals surface area contributed by atoms with Crippen molar-refractivity contribution in [2.45, 2.75) is 0 Å². The molecular weight excluding hydrogens is 337 g/mol. The van der Waals surface area contributed by atoms with Gasteiger partial charge in [0.25, 0.3) is 5.91 Å². The summed E-state index contributed by atoms with van der Waals surface area (Å²) in [5.41, 5.74) is 5.49. The number of nitrogens with two attached hydrogens (primary N) is 1. The minimum Gasteiger partial charge on any atom is -0.381 e. The highest BCUT2D eigenvalue weighted by Crippen LogP contribution is 2.26. The number of aromatic nitrogens is 1. The van der Waals surface area contributed by atoms with E-state index in [1.165, 1.54) is 12.3 Å². The Morgan fingerprint density at radius 1 is 1.42 bits per heavy atom. The Kier molecular flexibility index (Phi) is 4.01. The first-order valence-corrected chi connectivity index (χ1v) is 6.32. The zero-order valence-corrected chi connectivity index (χ0v) is 11.8. The number of carbonyl (C=O) groups is 1. The lowest BCUT2D eigenvalue weighted by Gasteiger charge is -2.08. The zero-order chi connectivity index (χ0) is 14.0. The second kappa shape index (κ2) is 5.54. The second-order valence-electron chi connectivity index (χ2n) is 3.64. The van der Waals surface area contributed by atoms with Gasteiger partial charge in [-0.25, -0.2) is 9.37 Å². The monoisotopic (exact) mass is 343 g/mol. The van der Waals surface area contributed by atoms with Crippen molar-refractivity contribution in [3.63, 3.8) is 0 Å². The van der Waals surface area contributed by atoms with Crippen LogP contribution in [0.2, 0.25) is 5.02 Å². The van der Waals surface area contributed by atoms with Crippen LogP contribution < -0.4 is 11.1 Å². The Bertz CT molecular complexity index is 651. The van der Waals surface area contributed by atoms with E-state index in [4.69, 9.17) is 17.3 Å². The Hall–Kier alpha value is -1.66. The lowest BCUT2D eigenvalue weighted by atomic mass is 10.2. The van der Waals surface area contributed by atoms with Gasteiger partial charge in [-0.2, -0.15) is 0 Å². The number of rotatable bonds is 2. The van der Waals surface area contributed by atoms with Gasteiger partial charge in [0.05, 0.1) is 16.3 Å². The van der Waals surface area contributed by atoms with E-state index in [0.717, 1.165) is 4.47 Å². The van der Waals surface area contributed by atoms with Crippen molar-refractivity contribution in [2.24, 2.45) is 0 Å². The Balaban J connectivity index is 2.28. The van der Waals surface area contributed by atoms with Crippen LogP contribution in [0.4, 0.5) is 15.9 Å². The number of amides is 1. The Morgan fingerprint density at radius 3 is 2.84 bits per heavy atom. The maximum Gasteiger partial charge on any atom is 0.258 e. The number of nitrogen functional groups attached to an aromatic ring is 1. The fourth-order valence-electron chi connectivity index (χ4n) is 1.42. The summed E-state index contributed by atoms with van der Waals surface area (Å²) in [6.45, 7) is 0. The van der Waals surface area contributed by atoms with Crippen molar-refractivity contribution in [3.8, 4) is 0 Å². The van der Waals surface area contributed by atoms with Crippen LogP contribution in [-0.4, -0.2) is 10.9 Å². The summed E-state index contributed by atoms with van der Waals surface area (Å²) in [5, 5.41) is 2.84. The molecule has 7 heteroatoms. The van der Waals surface area contributed by atoms with E-state index < -0.39 is 11.7 Å². The smallest absolute Gasteiger partial charge is 0.258 e. The third-order valence-corrected chi connectivity index (χ3v) is 3.15. The van der Waals surface area contributed by atoms with E-state index in [9.17, 15) is 9.18 Å². The molecule has 0 bridgehead atoms. The van der Waals surface area contributed by atoms with E-state index in [1.54, 1.807) is 18.2 Å². The summed E-state index contributed by atoms with van der Waals surface area (Å²) in [4.78, 5) is 15.5. The number of pyridine rings is 1. The largest absolute Gasteiger partial charge is 0.381 e. The summed E-state index contributed by atoms with van der Waals surface area (Å²) < 4.78 is 14.4. The molecule has 0 fully saturated rings. The minimum absolute atomic E-state index is 0.188. The first-order chi connectivity index (χ1) is 8.99. The summed E-state index contributed by atoms with van der Waals surface area (Å²) in [6, 6.07) is 6.17. The van der Waals surface area contributed by atoms with E-state index in [-0.39, 0.29) is 11.4 Å². The fourth-order valence-corrected chi connectivity index (χ4v) is 2.14. The average molecular weight is 345 g/mol. The van der Waals surface area contributed by atoms with Crippen LogP contribution in [0.15, 0.2) is 34.9 Å². The first-order valence-electron chi connectivity index (χ1n) is 5.15. The highest BCUT2D eigenvalue weighted by Gasteiger charge is 2.15. The Labute approximate surface area is 121 Å². The number of nitrogens with zero attached hydrogens (tertiary/aromatic N) is 1. The molecule has 0 aliphatic heterocycles. The van der Waals surface area contributed by atoms with E-state index in [1.807, 2.05) is 0 Å². The van der Waals surface area contributed by atoms with Crippen molar-refractivity contribution in [1.29, 1.82) is 0 Å². The quantitative estimate of drug-likeness (QED) is 0.876. The lowest BCUT2D eigenvalue weighted by Crippen LogP contribution is -2.15. The fraction of sp³-hybridized carbons (Fsp3) is 0. The highest BCUT2D eigenvalue weighted by atomic mass is 79.9. The van der Waals surface area contributed by atoms with Gasteiger partial charge in [-0.05, 0) is 24.3 Å². The highest BCUT2D eigenvalue weighted by molar-refractivity contribution is 9.10. The molecule has 19 heavy (non-hydrogen) atoms. The van der Waals surface area contributed by atoms with Crippen molar-refractivity contribution < 1.29 is 9.18 Å². The molecule has 0 aliphatic carbocycles. The van der Waals surface area contributed by atoms with Crippen LogP contribution in [0.3, 0.4) is 0 Å². The third kappa shape index (κ3) is 3.02.